The molecule has 1 aliphatic carbocycles. The fourth-order valence-electron chi connectivity index (χ4n) is 4.07. The van der Waals surface area contributed by atoms with E-state index in [9.17, 15) is 14.3 Å². The van der Waals surface area contributed by atoms with Crippen LogP contribution < -0.4 is 5.56 Å². The predicted molar refractivity (Wildman–Crippen MR) is 96.7 cm³/mol. The van der Waals surface area contributed by atoms with Gasteiger partial charge in [-0.15, -0.1) is 0 Å². The molecule has 0 spiro atoms. The predicted octanol–water partition coefficient (Wildman–Crippen LogP) is 3.11. The average Bonchev–Trinajstić information content (AvgIpc) is 3.08. The summed E-state index contributed by atoms with van der Waals surface area (Å²) in [6, 6.07) is 4.40. The Kier molecular flexibility index (Phi) is 3.33. The number of hydrogen-bond donors (Lipinski definition) is 3. The maximum Gasteiger partial charge on any atom is 0.259 e. The second kappa shape index (κ2) is 5.60. The van der Waals surface area contributed by atoms with Crippen molar-refractivity contribution in [3.8, 4) is 0 Å². The van der Waals surface area contributed by atoms with Gasteiger partial charge in [0.05, 0.1) is 28.9 Å². The Morgan fingerprint density at radius 1 is 1.12 bits per heavy atom. The first kappa shape index (κ1) is 15.5. The zero-order chi connectivity index (χ0) is 17.8. The molecule has 2 aromatic carbocycles. The molecule has 0 aliphatic heterocycles. The number of H-pyrrole nitrogens is 2. The van der Waals surface area contributed by atoms with Crippen LogP contribution in [0.4, 0.5) is 4.39 Å². The molecule has 0 atom stereocenters. The Hall–Kier alpha value is -2.80. The third-order valence-corrected chi connectivity index (χ3v) is 5.40. The lowest BCUT2D eigenvalue weighted by Gasteiger charge is -2.23. The first-order valence-electron chi connectivity index (χ1n) is 8.78. The molecule has 6 nitrogen and oxygen atoms in total. The Morgan fingerprint density at radius 3 is 2.73 bits per heavy atom. The van der Waals surface area contributed by atoms with E-state index < -0.39 is 5.82 Å². The molecule has 1 aliphatic rings. The van der Waals surface area contributed by atoms with Crippen molar-refractivity contribution in [2.45, 2.75) is 37.7 Å². The minimum absolute atomic E-state index is 0.235. The van der Waals surface area contributed by atoms with Crippen molar-refractivity contribution in [2.75, 3.05) is 0 Å². The number of halogens is 1. The molecule has 132 valence electrons. The number of rotatable bonds is 1. The molecule has 0 unspecified atom stereocenters. The SMILES string of the molecule is O=c1[nH]cnc2c3[nH]c([C@H]4CC[C@H](O)CC4)nc3c3ccc(F)cc3c12. The number of aromatic nitrogens is 4. The molecule has 0 saturated heterocycles. The van der Waals surface area contributed by atoms with E-state index >= 15 is 0 Å². The van der Waals surface area contributed by atoms with Gasteiger partial charge in [0.1, 0.15) is 17.2 Å². The third kappa shape index (κ3) is 2.24. The van der Waals surface area contributed by atoms with Crippen molar-refractivity contribution in [1.29, 1.82) is 0 Å². The number of aliphatic hydroxyl groups excluding tert-OH is 1. The average molecular weight is 352 g/mol. The van der Waals surface area contributed by atoms with E-state index in [-0.39, 0.29) is 17.6 Å². The zero-order valence-electron chi connectivity index (χ0n) is 13.9. The number of fused-ring (bicyclic) bond motifs is 6. The van der Waals surface area contributed by atoms with Gasteiger partial charge in [-0.2, -0.15) is 0 Å². The number of nitrogens with one attached hydrogen (secondary N) is 2. The van der Waals surface area contributed by atoms with Gasteiger partial charge in [-0.1, -0.05) is 0 Å². The molecule has 5 rings (SSSR count). The van der Waals surface area contributed by atoms with Gasteiger partial charge in [-0.3, -0.25) is 4.79 Å². The highest BCUT2D eigenvalue weighted by atomic mass is 19.1. The third-order valence-electron chi connectivity index (χ3n) is 5.40. The second-order valence-corrected chi connectivity index (χ2v) is 7.00. The summed E-state index contributed by atoms with van der Waals surface area (Å²) in [5.74, 6) is 0.670. The smallest absolute Gasteiger partial charge is 0.259 e. The normalized spacial score (nSPS) is 21.0. The quantitative estimate of drug-likeness (QED) is 0.459. The standard InChI is InChI=1S/C19H17FN4O2/c20-10-3-6-12-13(7-10)14-16(21-8-22-19(14)26)17-15(12)23-18(24-17)9-1-4-11(25)5-2-9/h3,6-9,11,25H,1-2,4-5H2,(H,23,24)(H,21,22,26)/t9-,11-. The highest BCUT2D eigenvalue weighted by molar-refractivity contribution is 6.21. The molecule has 4 aromatic rings. The van der Waals surface area contributed by atoms with Crippen LogP contribution in [0.2, 0.25) is 0 Å². The van der Waals surface area contributed by atoms with Crippen LogP contribution >= 0.6 is 0 Å². The summed E-state index contributed by atoms with van der Waals surface area (Å²) in [7, 11) is 0. The van der Waals surface area contributed by atoms with Crippen molar-refractivity contribution < 1.29 is 9.50 Å². The molecule has 2 aromatic heterocycles. The number of hydrogen-bond acceptors (Lipinski definition) is 4. The minimum atomic E-state index is -0.404. The molecule has 26 heavy (non-hydrogen) atoms. The van der Waals surface area contributed by atoms with Crippen LogP contribution in [0.3, 0.4) is 0 Å². The Bertz CT molecular complexity index is 1210. The summed E-state index contributed by atoms with van der Waals surface area (Å²) in [6.45, 7) is 0. The van der Waals surface area contributed by atoms with Gasteiger partial charge in [-0.05, 0) is 43.9 Å². The fourth-order valence-corrected chi connectivity index (χ4v) is 4.07. The van der Waals surface area contributed by atoms with Gasteiger partial charge in [0, 0.05) is 16.7 Å². The van der Waals surface area contributed by atoms with Gasteiger partial charge >= 0.3 is 0 Å². The monoisotopic (exact) mass is 352 g/mol. The van der Waals surface area contributed by atoms with E-state index in [1.165, 1.54) is 18.5 Å². The number of aromatic amines is 2. The van der Waals surface area contributed by atoms with Crippen LogP contribution in [0.25, 0.3) is 32.7 Å². The van der Waals surface area contributed by atoms with Gasteiger partial charge in [-0.25, -0.2) is 14.4 Å². The molecule has 0 radical (unpaired) electrons. The fraction of sp³-hybridized carbons (Fsp3) is 0.316. The number of nitrogens with zero attached hydrogens (tertiary/aromatic N) is 2. The topological polar surface area (TPSA) is 94.7 Å². The maximum atomic E-state index is 13.8. The summed E-state index contributed by atoms with van der Waals surface area (Å²) in [4.78, 5) is 27.5. The first-order chi connectivity index (χ1) is 12.6. The summed E-state index contributed by atoms with van der Waals surface area (Å²) in [5, 5.41) is 11.3. The molecule has 0 bridgehead atoms. The lowest BCUT2D eigenvalue weighted by molar-refractivity contribution is 0.121. The molecule has 7 heteroatoms. The molecule has 1 fully saturated rings. The van der Waals surface area contributed by atoms with Gasteiger partial charge in [0.15, 0.2) is 0 Å². The Morgan fingerprint density at radius 2 is 1.92 bits per heavy atom. The Balaban J connectivity index is 1.85. The lowest BCUT2D eigenvalue weighted by Crippen LogP contribution is -2.17. The van der Waals surface area contributed by atoms with Crippen molar-refractivity contribution in [3.05, 3.63) is 46.5 Å². The molecule has 1 saturated carbocycles. The van der Waals surface area contributed by atoms with E-state index in [1.807, 2.05) is 0 Å². The van der Waals surface area contributed by atoms with E-state index in [0.29, 0.717) is 27.3 Å². The molecular formula is C19H17FN4O2. The van der Waals surface area contributed by atoms with Crippen LogP contribution in [0.5, 0.6) is 0 Å². The molecule has 2 heterocycles. The number of imidazole rings is 1. The van der Waals surface area contributed by atoms with E-state index in [0.717, 1.165) is 36.9 Å². The van der Waals surface area contributed by atoms with Gasteiger partial charge in [0.25, 0.3) is 5.56 Å². The van der Waals surface area contributed by atoms with Gasteiger partial charge < -0.3 is 15.1 Å². The van der Waals surface area contributed by atoms with E-state index in [4.69, 9.17) is 4.98 Å². The van der Waals surface area contributed by atoms with Gasteiger partial charge in [0.2, 0.25) is 0 Å². The summed E-state index contributed by atoms with van der Waals surface area (Å²) < 4.78 is 13.8. The van der Waals surface area contributed by atoms with Crippen LogP contribution in [0, 0.1) is 5.82 Å². The lowest BCUT2D eigenvalue weighted by atomic mass is 9.87. The summed E-state index contributed by atoms with van der Waals surface area (Å²) in [5.41, 5.74) is 1.60. The second-order valence-electron chi connectivity index (χ2n) is 7.00. The van der Waals surface area contributed by atoms with Crippen molar-refractivity contribution >= 4 is 32.7 Å². The minimum Gasteiger partial charge on any atom is -0.393 e. The zero-order valence-corrected chi connectivity index (χ0v) is 13.9. The van der Waals surface area contributed by atoms with Crippen molar-refractivity contribution in [2.24, 2.45) is 0 Å². The van der Waals surface area contributed by atoms with E-state index in [2.05, 4.69) is 15.0 Å². The van der Waals surface area contributed by atoms with Crippen molar-refractivity contribution in [1.82, 2.24) is 19.9 Å². The number of aliphatic hydroxyl groups is 1. The molecule has 0 amide bonds. The largest absolute Gasteiger partial charge is 0.393 e. The molecular weight excluding hydrogens is 335 g/mol. The van der Waals surface area contributed by atoms with E-state index in [1.54, 1.807) is 6.07 Å². The summed E-state index contributed by atoms with van der Waals surface area (Å²) in [6.07, 6.45) is 4.35. The Labute approximate surface area is 147 Å². The summed E-state index contributed by atoms with van der Waals surface area (Å²) >= 11 is 0. The van der Waals surface area contributed by atoms with Crippen molar-refractivity contribution in [3.63, 3.8) is 0 Å². The maximum absolute atomic E-state index is 13.8. The first-order valence-corrected chi connectivity index (χ1v) is 8.78. The van der Waals surface area contributed by atoms with Crippen LogP contribution in [-0.2, 0) is 0 Å². The van der Waals surface area contributed by atoms with Crippen LogP contribution in [0.1, 0.15) is 37.4 Å². The highest BCUT2D eigenvalue weighted by Crippen LogP contribution is 2.36. The molecule has 3 N–H and O–H groups in total. The number of benzene rings is 2. The van der Waals surface area contributed by atoms with Crippen LogP contribution in [-0.4, -0.2) is 31.1 Å². The van der Waals surface area contributed by atoms with Crippen LogP contribution in [0.15, 0.2) is 29.3 Å². The highest BCUT2D eigenvalue weighted by Gasteiger charge is 2.25.